The zero-order chi connectivity index (χ0) is 26.5. The molecule has 1 aromatic carbocycles. The minimum absolute atomic E-state index is 0.168. The van der Waals surface area contributed by atoms with Crippen molar-refractivity contribution in [1.29, 1.82) is 0 Å². The number of rotatable bonds is 8. The molecule has 3 amide bonds. The zero-order valence-electron chi connectivity index (χ0n) is 22.2. The van der Waals surface area contributed by atoms with Crippen LogP contribution >= 0.6 is 11.8 Å². The van der Waals surface area contributed by atoms with E-state index in [1.54, 1.807) is 17.0 Å². The molecule has 1 aliphatic heterocycles. The number of carbonyl (C=O) groups excluding carboxylic acids is 2. The number of carbonyl (C=O) groups is 2. The standard InChI is InChI=1S/C26H37N5O4S/c1-8-27-23(33)28-18-12-10-17(11-13-18)20-19-21(30-24(29-20)36-7)35-26(5,6)16-31(22(19)32)14-9-15-34-25(2,3)4/h10-13H,8-9,14-16H2,1-7H3,(H2,27,28,33). The number of thioether (sulfide) groups is 1. The molecule has 0 saturated carbocycles. The Labute approximate surface area is 217 Å². The third kappa shape index (κ3) is 7.33. The molecule has 1 aromatic heterocycles. The summed E-state index contributed by atoms with van der Waals surface area (Å²) in [6.07, 6.45) is 2.59. The van der Waals surface area contributed by atoms with E-state index >= 15 is 0 Å². The third-order valence-corrected chi connectivity index (χ3v) is 5.89. The van der Waals surface area contributed by atoms with Gasteiger partial charge in [-0.15, -0.1) is 0 Å². The van der Waals surface area contributed by atoms with Crippen molar-refractivity contribution < 1.29 is 19.1 Å². The van der Waals surface area contributed by atoms with Crippen LogP contribution in [0.4, 0.5) is 10.5 Å². The van der Waals surface area contributed by atoms with Crippen molar-refractivity contribution in [3.63, 3.8) is 0 Å². The van der Waals surface area contributed by atoms with Crippen LogP contribution in [-0.4, -0.2) is 70.5 Å². The van der Waals surface area contributed by atoms with Crippen LogP contribution < -0.4 is 15.4 Å². The number of aromatic nitrogens is 2. The highest BCUT2D eigenvalue weighted by Gasteiger charge is 2.37. The Balaban J connectivity index is 1.96. The van der Waals surface area contributed by atoms with Gasteiger partial charge in [0.15, 0.2) is 5.16 Å². The predicted octanol–water partition coefficient (Wildman–Crippen LogP) is 4.83. The molecule has 0 atom stereocenters. The van der Waals surface area contributed by atoms with Crippen molar-refractivity contribution in [2.24, 2.45) is 0 Å². The molecular formula is C26H37N5O4S. The van der Waals surface area contributed by atoms with Crippen LogP contribution in [0.5, 0.6) is 5.88 Å². The monoisotopic (exact) mass is 515 g/mol. The van der Waals surface area contributed by atoms with Crippen LogP contribution in [0.15, 0.2) is 29.4 Å². The van der Waals surface area contributed by atoms with Gasteiger partial charge in [0.2, 0.25) is 5.88 Å². The van der Waals surface area contributed by atoms with E-state index in [9.17, 15) is 9.59 Å². The third-order valence-electron chi connectivity index (χ3n) is 5.34. The van der Waals surface area contributed by atoms with Crippen molar-refractivity contribution in [3.05, 3.63) is 29.8 Å². The van der Waals surface area contributed by atoms with E-state index in [2.05, 4.69) is 15.6 Å². The quantitative estimate of drug-likeness (QED) is 0.295. The first kappa shape index (κ1) is 27.7. The number of nitrogens with one attached hydrogen (secondary N) is 2. The summed E-state index contributed by atoms with van der Waals surface area (Å²) in [6.45, 7) is 13.8. The maximum absolute atomic E-state index is 13.8. The van der Waals surface area contributed by atoms with E-state index in [4.69, 9.17) is 14.5 Å². The Hall–Kier alpha value is -2.85. The van der Waals surface area contributed by atoms with Gasteiger partial charge in [-0.2, -0.15) is 4.98 Å². The Kier molecular flexibility index (Phi) is 8.84. The second-order valence-electron chi connectivity index (χ2n) is 10.2. The predicted molar refractivity (Wildman–Crippen MR) is 143 cm³/mol. The number of amides is 3. The molecule has 2 N–H and O–H groups in total. The van der Waals surface area contributed by atoms with Crippen LogP contribution in [0.2, 0.25) is 0 Å². The molecule has 2 aromatic rings. The topological polar surface area (TPSA) is 106 Å². The molecule has 0 fully saturated rings. The summed E-state index contributed by atoms with van der Waals surface area (Å²) in [5.74, 6) is 0.121. The van der Waals surface area contributed by atoms with Gasteiger partial charge >= 0.3 is 6.03 Å². The lowest BCUT2D eigenvalue weighted by Crippen LogP contribution is -2.43. The number of ether oxygens (including phenoxy) is 2. The molecule has 0 aliphatic carbocycles. The lowest BCUT2D eigenvalue weighted by Gasteiger charge is -2.29. The Morgan fingerprint density at radius 1 is 1.22 bits per heavy atom. The zero-order valence-corrected chi connectivity index (χ0v) is 23.0. The molecule has 196 valence electrons. The molecule has 0 saturated heterocycles. The van der Waals surface area contributed by atoms with Crippen molar-refractivity contribution in [2.75, 3.05) is 37.8 Å². The lowest BCUT2D eigenvalue weighted by atomic mass is 10.0. The number of anilines is 1. The smallest absolute Gasteiger partial charge is 0.319 e. The summed E-state index contributed by atoms with van der Waals surface area (Å²) in [5.41, 5.74) is 1.36. The van der Waals surface area contributed by atoms with E-state index in [0.717, 1.165) is 5.56 Å². The molecule has 9 nitrogen and oxygen atoms in total. The number of fused-ring (bicyclic) bond motifs is 1. The first-order valence-electron chi connectivity index (χ1n) is 12.2. The molecule has 1 aliphatic rings. The van der Waals surface area contributed by atoms with Gasteiger partial charge < -0.3 is 25.0 Å². The van der Waals surface area contributed by atoms with Crippen LogP contribution in [0, 0.1) is 0 Å². The number of urea groups is 1. The summed E-state index contributed by atoms with van der Waals surface area (Å²) < 4.78 is 12.1. The van der Waals surface area contributed by atoms with Gasteiger partial charge in [0, 0.05) is 30.9 Å². The maximum Gasteiger partial charge on any atom is 0.319 e. The van der Waals surface area contributed by atoms with Crippen molar-refractivity contribution in [2.45, 2.75) is 64.3 Å². The molecule has 0 unspecified atom stereocenters. The highest BCUT2D eigenvalue weighted by Crippen LogP contribution is 2.36. The molecular weight excluding hydrogens is 478 g/mol. The van der Waals surface area contributed by atoms with Crippen LogP contribution in [0.3, 0.4) is 0 Å². The summed E-state index contributed by atoms with van der Waals surface area (Å²) >= 11 is 1.39. The molecule has 0 spiro atoms. The minimum atomic E-state index is -0.631. The minimum Gasteiger partial charge on any atom is -0.469 e. The Morgan fingerprint density at radius 3 is 2.53 bits per heavy atom. The Morgan fingerprint density at radius 2 is 1.92 bits per heavy atom. The molecule has 36 heavy (non-hydrogen) atoms. The summed E-state index contributed by atoms with van der Waals surface area (Å²) in [5, 5.41) is 6.00. The van der Waals surface area contributed by atoms with Gasteiger partial charge in [0.05, 0.1) is 17.8 Å². The summed E-state index contributed by atoms with van der Waals surface area (Å²) in [4.78, 5) is 36.8. The highest BCUT2D eigenvalue weighted by atomic mass is 32.2. The van der Waals surface area contributed by atoms with Crippen molar-refractivity contribution in [3.8, 4) is 17.1 Å². The van der Waals surface area contributed by atoms with E-state index in [0.29, 0.717) is 54.8 Å². The molecule has 10 heteroatoms. The lowest BCUT2D eigenvalue weighted by molar-refractivity contribution is -0.00840. The second-order valence-corrected chi connectivity index (χ2v) is 11.0. The van der Waals surface area contributed by atoms with Gasteiger partial charge in [0.1, 0.15) is 11.2 Å². The van der Waals surface area contributed by atoms with Crippen LogP contribution in [-0.2, 0) is 4.74 Å². The van der Waals surface area contributed by atoms with Crippen molar-refractivity contribution in [1.82, 2.24) is 20.2 Å². The highest BCUT2D eigenvalue weighted by molar-refractivity contribution is 7.98. The van der Waals surface area contributed by atoms with E-state index in [1.165, 1.54) is 11.8 Å². The van der Waals surface area contributed by atoms with E-state index in [1.807, 2.05) is 59.9 Å². The second kappa shape index (κ2) is 11.5. The van der Waals surface area contributed by atoms with Crippen molar-refractivity contribution >= 4 is 29.4 Å². The fourth-order valence-electron chi connectivity index (χ4n) is 3.83. The van der Waals surface area contributed by atoms with Gasteiger partial charge in [-0.3, -0.25) is 4.79 Å². The molecule has 3 rings (SSSR count). The van der Waals surface area contributed by atoms with E-state index in [-0.39, 0.29) is 23.4 Å². The maximum atomic E-state index is 13.8. The SMILES string of the molecule is CCNC(=O)Nc1ccc(-c2nc(SC)nc3c2C(=O)N(CCCOC(C)(C)C)CC(C)(C)O3)cc1. The van der Waals surface area contributed by atoms with Crippen LogP contribution in [0.1, 0.15) is 58.3 Å². The molecule has 0 bridgehead atoms. The van der Waals surface area contributed by atoms with Gasteiger partial charge in [-0.1, -0.05) is 23.9 Å². The van der Waals surface area contributed by atoms with Crippen LogP contribution in [0.25, 0.3) is 11.3 Å². The van der Waals surface area contributed by atoms with Gasteiger partial charge in [-0.25, -0.2) is 9.78 Å². The normalized spacial score (nSPS) is 15.1. The fraction of sp³-hybridized carbons (Fsp3) is 0.538. The number of hydrogen-bond acceptors (Lipinski definition) is 7. The number of hydrogen-bond donors (Lipinski definition) is 2. The average molecular weight is 516 g/mol. The summed E-state index contributed by atoms with van der Waals surface area (Å²) in [6, 6.07) is 6.96. The number of benzene rings is 1. The largest absolute Gasteiger partial charge is 0.469 e. The summed E-state index contributed by atoms with van der Waals surface area (Å²) in [7, 11) is 0. The first-order chi connectivity index (χ1) is 16.9. The van der Waals surface area contributed by atoms with Gasteiger partial charge in [-0.05, 0) is 66.4 Å². The van der Waals surface area contributed by atoms with E-state index < -0.39 is 5.60 Å². The average Bonchev–Trinajstić information content (AvgIpc) is 2.89. The first-order valence-corrected chi connectivity index (χ1v) is 13.4. The fourth-order valence-corrected chi connectivity index (χ4v) is 4.19. The Bertz CT molecular complexity index is 1080. The van der Waals surface area contributed by atoms with Gasteiger partial charge in [0.25, 0.3) is 5.91 Å². The molecule has 2 heterocycles. The number of nitrogens with zero attached hydrogens (tertiary/aromatic N) is 3. The molecule has 0 radical (unpaired) electrons.